The minimum absolute atomic E-state index is 0.597. The molecule has 0 aliphatic rings. The van der Waals surface area contributed by atoms with E-state index in [2.05, 4.69) is 18.8 Å². The first kappa shape index (κ1) is 10.7. The third-order valence-corrected chi connectivity index (χ3v) is 1.68. The van der Waals surface area contributed by atoms with E-state index in [-0.39, 0.29) is 0 Å². The Morgan fingerprint density at radius 3 is 2.91 bits per heavy atom. The monoisotopic (exact) mass is 156 g/mol. The summed E-state index contributed by atoms with van der Waals surface area (Å²) in [7, 11) is 0. The van der Waals surface area contributed by atoms with Gasteiger partial charge in [0.15, 0.2) is 0 Å². The van der Waals surface area contributed by atoms with Crippen LogP contribution in [0.25, 0.3) is 0 Å². The van der Waals surface area contributed by atoms with Crippen LogP contribution in [0.2, 0.25) is 0 Å². The molecule has 0 fully saturated rings. The minimum atomic E-state index is 0.597. The molecule has 0 bridgehead atoms. The molecule has 0 rings (SSSR count). The zero-order valence-electron chi connectivity index (χ0n) is 7.47. The number of hydrogen-bond donors (Lipinski definition) is 2. The Labute approximate surface area is 69.9 Å². The average molecular weight is 156 g/mol. The SMILES string of the molecule is C=CCCC(C)NCCCN. The number of hydrogen-bond acceptors (Lipinski definition) is 2. The molecule has 3 N–H and O–H groups in total. The smallest absolute Gasteiger partial charge is 0.00416 e. The Hall–Kier alpha value is -0.340. The molecule has 2 heteroatoms. The van der Waals surface area contributed by atoms with Gasteiger partial charge < -0.3 is 11.1 Å². The lowest BCUT2D eigenvalue weighted by Crippen LogP contribution is -2.27. The van der Waals surface area contributed by atoms with Gasteiger partial charge in [-0.3, -0.25) is 0 Å². The van der Waals surface area contributed by atoms with E-state index < -0.39 is 0 Å². The third kappa shape index (κ3) is 7.56. The second-order valence-electron chi connectivity index (χ2n) is 2.86. The van der Waals surface area contributed by atoms with Gasteiger partial charge in [0.05, 0.1) is 0 Å². The maximum atomic E-state index is 5.36. The molecular weight excluding hydrogens is 136 g/mol. The largest absolute Gasteiger partial charge is 0.330 e. The second-order valence-corrected chi connectivity index (χ2v) is 2.86. The van der Waals surface area contributed by atoms with Gasteiger partial charge in [0.1, 0.15) is 0 Å². The van der Waals surface area contributed by atoms with Crippen LogP contribution in [-0.4, -0.2) is 19.1 Å². The summed E-state index contributed by atoms with van der Waals surface area (Å²) >= 11 is 0. The molecule has 0 heterocycles. The van der Waals surface area contributed by atoms with Crippen LogP contribution >= 0.6 is 0 Å². The highest BCUT2D eigenvalue weighted by Crippen LogP contribution is 1.95. The van der Waals surface area contributed by atoms with Crippen molar-refractivity contribution in [1.29, 1.82) is 0 Å². The lowest BCUT2D eigenvalue weighted by atomic mass is 10.2. The van der Waals surface area contributed by atoms with Crippen LogP contribution in [0, 0.1) is 0 Å². The van der Waals surface area contributed by atoms with E-state index >= 15 is 0 Å². The van der Waals surface area contributed by atoms with Crippen molar-refractivity contribution < 1.29 is 0 Å². The predicted octanol–water partition coefficient (Wildman–Crippen LogP) is 1.28. The number of rotatable bonds is 7. The van der Waals surface area contributed by atoms with Gasteiger partial charge in [0.25, 0.3) is 0 Å². The fraction of sp³-hybridized carbons (Fsp3) is 0.778. The number of nitrogens with two attached hydrogens (primary N) is 1. The maximum Gasteiger partial charge on any atom is 0.00416 e. The molecule has 11 heavy (non-hydrogen) atoms. The number of nitrogens with one attached hydrogen (secondary N) is 1. The van der Waals surface area contributed by atoms with Gasteiger partial charge in [-0.25, -0.2) is 0 Å². The molecule has 66 valence electrons. The van der Waals surface area contributed by atoms with Crippen LogP contribution in [0.15, 0.2) is 12.7 Å². The molecule has 0 saturated heterocycles. The molecule has 0 aliphatic heterocycles. The van der Waals surface area contributed by atoms with Crippen molar-refractivity contribution in [2.24, 2.45) is 5.73 Å². The van der Waals surface area contributed by atoms with Gasteiger partial charge in [0.2, 0.25) is 0 Å². The topological polar surface area (TPSA) is 38.0 Å². The summed E-state index contributed by atoms with van der Waals surface area (Å²) in [6, 6.07) is 0.597. The van der Waals surface area contributed by atoms with Crippen LogP contribution < -0.4 is 11.1 Å². The molecule has 0 aromatic carbocycles. The van der Waals surface area contributed by atoms with E-state index in [1.54, 1.807) is 0 Å². The van der Waals surface area contributed by atoms with Gasteiger partial charge in [-0.05, 0) is 39.3 Å². The van der Waals surface area contributed by atoms with Crippen molar-refractivity contribution in [3.63, 3.8) is 0 Å². The Morgan fingerprint density at radius 1 is 1.64 bits per heavy atom. The fourth-order valence-corrected chi connectivity index (χ4v) is 0.920. The van der Waals surface area contributed by atoms with Gasteiger partial charge in [0, 0.05) is 6.04 Å². The van der Waals surface area contributed by atoms with Crippen LogP contribution in [-0.2, 0) is 0 Å². The average Bonchev–Trinajstić information content (AvgIpc) is 2.01. The molecule has 0 radical (unpaired) electrons. The maximum absolute atomic E-state index is 5.36. The van der Waals surface area contributed by atoms with Crippen LogP contribution in [0.5, 0.6) is 0 Å². The van der Waals surface area contributed by atoms with E-state index in [1.807, 2.05) is 6.08 Å². The van der Waals surface area contributed by atoms with Gasteiger partial charge in [-0.2, -0.15) is 0 Å². The first-order chi connectivity index (χ1) is 5.31. The standard InChI is InChI=1S/C9H20N2/c1-3-4-6-9(2)11-8-5-7-10/h3,9,11H,1,4-8,10H2,2H3. The summed E-state index contributed by atoms with van der Waals surface area (Å²) in [6.45, 7) is 7.69. The summed E-state index contributed by atoms with van der Waals surface area (Å²) in [5.41, 5.74) is 5.36. The van der Waals surface area contributed by atoms with E-state index in [9.17, 15) is 0 Å². The van der Waals surface area contributed by atoms with E-state index in [4.69, 9.17) is 5.73 Å². The molecule has 0 saturated carbocycles. The molecule has 0 spiro atoms. The Balaban J connectivity index is 3.08. The van der Waals surface area contributed by atoms with Crippen molar-refractivity contribution >= 4 is 0 Å². The highest BCUT2D eigenvalue weighted by molar-refractivity contribution is 4.70. The molecular formula is C9H20N2. The fourth-order valence-electron chi connectivity index (χ4n) is 0.920. The Kier molecular flexibility index (Phi) is 7.52. The van der Waals surface area contributed by atoms with Crippen LogP contribution in [0.1, 0.15) is 26.2 Å². The highest BCUT2D eigenvalue weighted by atomic mass is 14.9. The zero-order chi connectivity index (χ0) is 8.53. The Bertz CT molecular complexity index is 91.6. The molecule has 0 aromatic rings. The normalized spacial score (nSPS) is 12.9. The molecule has 0 amide bonds. The summed E-state index contributed by atoms with van der Waals surface area (Å²) in [4.78, 5) is 0. The lowest BCUT2D eigenvalue weighted by molar-refractivity contribution is 0.512. The zero-order valence-corrected chi connectivity index (χ0v) is 7.47. The van der Waals surface area contributed by atoms with E-state index in [0.29, 0.717) is 6.04 Å². The summed E-state index contributed by atoms with van der Waals surface area (Å²) < 4.78 is 0. The third-order valence-electron chi connectivity index (χ3n) is 1.68. The van der Waals surface area contributed by atoms with Crippen molar-refractivity contribution in [1.82, 2.24) is 5.32 Å². The minimum Gasteiger partial charge on any atom is -0.330 e. The van der Waals surface area contributed by atoms with Crippen molar-refractivity contribution in [2.75, 3.05) is 13.1 Å². The summed E-state index contributed by atoms with van der Waals surface area (Å²) in [6.07, 6.45) is 5.30. The van der Waals surface area contributed by atoms with Crippen LogP contribution in [0.4, 0.5) is 0 Å². The van der Waals surface area contributed by atoms with E-state index in [0.717, 1.165) is 25.9 Å². The first-order valence-corrected chi connectivity index (χ1v) is 4.35. The van der Waals surface area contributed by atoms with Gasteiger partial charge in [-0.15, -0.1) is 6.58 Å². The summed E-state index contributed by atoms with van der Waals surface area (Å²) in [5.74, 6) is 0. The lowest BCUT2D eigenvalue weighted by Gasteiger charge is -2.11. The second kappa shape index (κ2) is 7.76. The molecule has 0 aromatic heterocycles. The van der Waals surface area contributed by atoms with Crippen molar-refractivity contribution in [3.8, 4) is 0 Å². The predicted molar refractivity (Wildman–Crippen MR) is 50.6 cm³/mol. The van der Waals surface area contributed by atoms with Crippen molar-refractivity contribution in [3.05, 3.63) is 12.7 Å². The summed E-state index contributed by atoms with van der Waals surface area (Å²) in [5, 5.41) is 3.39. The van der Waals surface area contributed by atoms with Gasteiger partial charge in [-0.1, -0.05) is 6.08 Å². The van der Waals surface area contributed by atoms with Crippen molar-refractivity contribution in [2.45, 2.75) is 32.2 Å². The quantitative estimate of drug-likeness (QED) is 0.430. The molecule has 2 nitrogen and oxygen atoms in total. The Morgan fingerprint density at radius 2 is 2.36 bits per heavy atom. The number of allylic oxidation sites excluding steroid dienone is 1. The van der Waals surface area contributed by atoms with Crippen LogP contribution in [0.3, 0.4) is 0 Å². The van der Waals surface area contributed by atoms with E-state index in [1.165, 1.54) is 6.42 Å². The first-order valence-electron chi connectivity index (χ1n) is 4.35. The highest BCUT2D eigenvalue weighted by Gasteiger charge is 1.97. The molecule has 1 atom stereocenters. The van der Waals surface area contributed by atoms with Gasteiger partial charge >= 0.3 is 0 Å². The molecule has 0 aliphatic carbocycles. The molecule has 1 unspecified atom stereocenters.